The molecular weight excluding hydrogens is 420 g/mol. The molecule has 1 fully saturated rings. The molecule has 0 bridgehead atoms. The number of benzene rings is 3. The van der Waals surface area contributed by atoms with E-state index < -0.39 is 0 Å². The Morgan fingerprint density at radius 2 is 1.69 bits per heavy atom. The van der Waals surface area contributed by atoms with Gasteiger partial charge in [-0.15, -0.1) is 0 Å². The number of phenolic OH excluding ortho intramolecular Hbond substituents is 1. The van der Waals surface area contributed by atoms with E-state index in [2.05, 4.69) is 46.3 Å². The van der Waals surface area contributed by atoms with Crippen molar-refractivity contribution < 1.29 is 9.84 Å². The summed E-state index contributed by atoms with van der Waals surface area (Å²) in [6.07, 6.45) is 4.47. The quantitative estimate of drug-likeness (QED) is 0.380. The standard InChI is InChI=1S/C27H25ClN2O2/c1-32-26-16-21(15-24(28)27(26)31)20-8-9-25-23(14-20)22(10-11-29-25)19-6-4-18(5-7-19)17-30-12-2-3-13-30/h4-11,14-16,31H,2-3,12-13,17H2,1H3. The molecule has 0 aliphatic carbocycles. The zero-order valence-electron chi connectivity index (χ0n) is 18.0. The summed E-state index contributed by atoms with van der Waals surface area (Å²) >= 11 is 6.22. The molecule has 5 heteroatoms. The molecule has 1 aliphatic rings. The van der Waals surface area contributed by atoms with Crippen molar-refractivity contribution in [1.29, 1.82) is 0 Å². The Hall–Kier alpha value is -3.08. The molecule has 0 unspecified atom stereocenters. The molecule has 1 saturated heterocycles. The lowest BCUT2D eigenvalue weighted by Crippen LogP contribution is -2.18. The van der Waals surface area contributed by atoms with E-state index in [0.29, 0.717) is 5.75 Å². The molecule has 5 rings (SSSR count). The normalized spacial score (nSPS) is 14.2. The van der Waals surface area contributed by atoms with E-state index in [-0.39, 0.29) is 10.8 Å². The van der Waals surface area contributed by atoms with Crippen molar-refractivity contribution in [2.45, 2.75) is 19.4 Å². The fourth-order valence-electron chi connectivity index (χ4n) is 4.46. The number of fused-ring (bicyclic) bond motifs is 1. The third-order valence-electron chi connectivity index (χ3n) is 6.19. The molecule has 32 heavy (non-hydrogen) atoms. The summed E-state index contributed by atoms with van der Waals surface area (Å²) in [5.74, 6) is 0.308. The number of phenols is 1. The van der Waals surface area contributed by atoms with E-state index in [9.17, 15) is 5.11 Å². The average molecular weight is 445 g/mol. The van der Waals surface area contributed by atoms with Crippen molar-refractivity contribution in [2.24, 2.45) is 0 Å². The van der Waals surface area contributed by atoms with Gasteiger partial charge in [-0.1, -0.05) is 41.9 Å². The number of rotatable bonds is 5. The fraction of sp³-hybridized carbons (Fsp3) is 0.222. The molecule has 0 spiro atoms. The number of ether oxygens (including phenoxy) is 1. The van der Waals surface area contributed by atoms with E-state index in [1.54, 1.807) is 12.1 Å². The van der Waals surface area contributed by atoms with Crippen LogP contribution in [-0.2, 0) is 6.54 Å². The zero-order chi connectivity index (χ0) is 22.1. The number of nitrogens with zero attached hydrogens (tertiary/aromatic N) is 2. The van der Waals surface area contributed by atoms with Gasteiger partial charge in [0.15, 0.2) is 11.5 Å². The van der Waals surface area contributed by atoms with Crippen LogP contribution in [0.4, 0.5) is 0 Å². The maximum atomic E-state index is 10.1. The highest BCUT2D eigenvalue weighted by molar-refractivity contribution is 6.32. The van der Waals surface area contributed by atoms with Gasteiger partial charge in [0.2, 0.25) is 0 Å². The van der Waals surface area contributed by atoms with Gasteiger partial charge in [-0.25, -0.2) is 0 Å². The zero-order valence-corrected chi connectivity index (χ0v) is 18.8. The van der Waals surface area contributed by atoms with Gasteiger partial charge in [0.25, 0.3) is 0 Å². The number of pyridine rings is 1. The molecule has 1 aromatic heterocycles. The van der Waals surface area contributed by atoms with Crippen molar-refractivity contribution in [2.75, 3.05) is 20.2 Å². The van der Waals surface area contributed by atoms with Crippen LogP contribution in [0.25, 0.3) is 33.2 Å². The summed E-state index contributed by atoms with van der Waals surface area (Å²) in [7, 11) is 1.52. The first-order valence-electron chi connectivity index (χ1n) is 10.9. The van der Waals surface area contributed by atoms with Gasteiger partial charge in [-0.2, -0.15) is 0 Å². The smallest absolute Gasteiger partial charge is 0.176 e. The molecule has 2 heterocycles. The maximum Gasteiger partial charge on any atom is 0.176 e. The molecule has 162 valence electrons. The summed E-state index contributed by atoms with van der Waals surface area (Å²) in [4.78, 5) is 7.07. The summed E-state index contributed by atoms with van der Waals surface area (Å²) in [6.45, 7) is 3.42. The molecule has 0 atom stereocenters. The predicted molar refractivity (Wildman–Crippen MR) is 130 cm³/mol. The number of aromatic nitrogens is 1. The van der Waals surface area contributed by atoms with Crippen LogP contribution in [0.2, 0.25) is 5.02 Å². The Labute approximate surface area is 193 Å². The van der Waals surface area contributed by atoms with Crippen molar-refractivity contribution >= 4 is 22.5 Å². The van der Waals surface area contributed by atoms with Crippen LogP contribution in [0.3, 0.4) is 0 Å². The second-order valence-corrected chi connectivity index (χ2v) is 8.69. The first-order valence-corrected chi connectivity index (χ1v) is 11.3. The fourth-order valence-corrected chi connectivity index (χ4v) is 4.67. The minimum absolute atomic E-state index is 0.0462. The Morgan fingerprint density at radius 3 is 2.44 bits per heavy atom. The first kappa shape index (κ1) is 20.8. The number of hydrogen-bond donors (Lipinski definition) is 1. The average Bonchev–Trinajstić information content (AvgIpc) is 3.33. The second kappa shape index (κ2) is 8.81. The lowest BCUT2D eigenvalue weighted by molar-refractivity contribution is 0.331. The molecule has 1 aliphatic heterocycles. The third-order valence-corrected chi connectivity index (χ3v) is 6.48. The van der Waals surface area contributed by atoms with Crippen LogP contribution in [0.15, 0.2) is 66.9 Å². The van der Waals surface area contributed by atoms with Crippen LogP contribution in [-0.4, -0.2) is 35.2 Å². The lowest BCUT2D eigenvalue weighted by Gasteiger charge is -2.15. The van der Waals surface area contributed by atoms with Crippen molar-refractivity contribution in [3.63, 3.8) is 0 Å². The van der Waals surface area contributed by atoms with Gasteiger partial charge in [-0.05, 0) is 84.1 Å². The number of halogens is 1. The molecule has 0 radical (unpaired) electrons. The minimum atomic E-state index is -0.0462. The van der Waals surface area contributed by atoms with E-state index in [1.165, 1.54) is 44.2 Å². The highest BCUT2D eigenvalue weighted by Gasteiger charge is 2.14. The van der Waals surface area contributed by atoms with Gasteiger partial charge in [0.1, 0.15) is 0 Å². The SMILES string of the molecule is COc1cc(-c2ccc3nccc(-c4ccc(CN5CCCC5)cc4)c3c2)cc(Cl)c1O. The second-order valence-electron chi connectivity index (χ2n) is 8.28. The van der Waals surface area contributed by atoms with E-state index in [1.807, 2.05) is 18.3 Å². The van der Waals surface area contributed by atoms with Crippen molar-refractivity contribution in [3.05, 3.63) is 77.4 Å². The van der Waals surface area contributed by atoms with Crippen LogP contribution in [0.1, 0.15) is 18.4 Å². The van der Waals surface area contributed by atoms with Crippen LogP contribution < -0.4 is 4.74 Å². The molecule has 0 saturated carbocycles. The van der Waals surface area contributed by atoms with Crippen LogP contribution in [0, 0.1) is 0 Å². The molecular formula is C27H25ClN2O2. The maximum absolute atomic E-state index is 10.1. The Kier molecular flexibility index (Phi) is 5.73. The predicted octanol–water partition coefficient (Wildman–Crippen LogP) is 6.53. The highest BCUT2D eigenvalue weighted by Crippen LogP contribution is 2.39. The first-order chi connectivity index (χ1) is 15.6. The molecule has 3 aromatic carbocycles. The molecule has 4 nitrogen and oxygen atoms in total. The van der Waals surface area contributed by atoms with E-state index in [4.69, 9.17) is 16.3 Å². The highest BCUT2D eigenvalue weighted by atomic mass is 35.5. The molecule has 4 aromatic rings. The lowest BCUT2D eigenvalue weighted by atomic mass is 9.96. The van der Waals surface area contributed by atoms with Crippen molar-refractivity contribution in [1.82, 2.24) is 9.88 Å². The van der Waals surface area contributed by atoms with Gasteiger partial charge >= 0.3 is 0 Å². The summed E-state index contributed by atoms with van der Waals surface area (Å²) in [5.41, 5.74) is 6.45. The monoisotopic (exact) mass is 444 g/mol. The number of aromatic hydroxyl groups is 1. The molecule has 1 N–H and O–H groups in total. The summed E-state index contributed by atoms with van der Waals surface area (Å²) in [6, 6.07) is 20.6. The summed E-state index contributed by atoms with van der Waals surface area (Å²) < 4.78 is 5.28. The minimum Gasteiger partial charge on any atom is -0.503 e. The number of likely N-dealkylation sites (tertiary alicyclic amines) is 1. The Morgan fingerprint density at radius 1 is 0.938 bits per heavy atom. The van der Waals surface area contributed by atoms with Gasteiger partial charge in [0.05, 0.1) is 17.6 Å². The Bertz CT molecular complexity index is 1260. The largest absolute Gasteiger partial charge is 0.503 e. The number of methoxy groups -OCH3 is 1. The number of hydrogen-bond acceptors (Lipinski definition) is 4. The Balaban J connectivity index is 1.52. The van der Waals surface area contributed by atoms with Crippen LogP contribution >= 0.6 is 11.6 Å². The van der Waals surface area contributed by atoms with Gasteiger partial charge < -0.3 is 9.84 Å². The van der Waals surface area contributed by atoms with Gasteiger partial charge in [0, 0.05) is 18.1 Å². The molecule has 0 amide bonds. The summed E-state index contributed by atoms with van der Waals surface area (Å²) in [5, 5.41) is 11.4. The third kappa shape index (κ3) is 4.04. The van der Waals surface area contributed by atoms with Crippen LogP contribution in [0.5, 0.6) is 11.5 Å². The van der Waals surface area contributed by atoms with Gasteiger partial charge in [-0.3, -0.25) is 9.88 Å². The van der Waals surface area contributed by atoms with E-state index in [0.717, 1.165) is 34.1 Å². The topological polar surface area (TPSA) is 45.6 Å². The van der Waals surface area contributed by atoms with Crippen molar-refractivity contribution in [3.8, 4) is 33.8 Å². The van der Waals surface area contributed by atoms with E-state index >= 15 is 0 Å².